The molecule has 166 valence electrons. The SMILES string of the molecule is CC(C(=O)NCCC(c1ccccc1)c1ccccc1)n1nc(-c2ccncc2)ccc1=O. The molecule has 0 aliphatic heterocycles. The number of benzene rings is 2. The Bertz CT molecular complexity index is 1200. The van der Waals surface area contributed by atoms with Crippen LogP contribution in [0.3, 0.4) is 0 Å². The van der Waals surface area contributed by atoms with Crippen LogP contribution in [0.25, 0.3) is 11.3 Å². The van der Waals surface area contributed by atoms with E-state index in [9.17, 15) is 9.59 Å². The summed E-state index contributed by atoms with van der Waals surface area (Å²) in [5.41, 5.74) is 3.54. The highest BCUT2D eigenvalue weighted by atomic mass is 16.2. The van der Waals surface area contributed by atoms with E-state index in [2.05, 4.69) is 39.7 Å². The number of aromatic nitrogens is 3. The zero-order chi connectivity index (χ0) is 23.0. The van der Waals surface area contributed by atoms with Crippen molar-refractivity contribution < 1.29 is 4.79 Å². The smallest absolute Gasteiger partial charge is 0.267 e. The van der Waals surface area contributed by atoms with Gasteiger partial charge in [-0.1, -0.05) is 60.7 Å². The van der Waals surface area contributed by atoms with Gasteiger partial charge in [-0.15, -0.1) is 0 Å². The average molecular weight is 439 g/mol. The number of nitrogens with one attached hydrogen (secondary N) is 1. The van der Waals surface area contributed by atoms with Gasteiger partial charge in [0.05, 0.1) is 5.69 Å². The molecule has 0 bridgehead atoms. The van der Waals surface area contributed by atoms with Gasteiger partial charge >= 0.3 is 0 Å². The highest BCUT2D eigenvalue weighted by molar-refractivity contribution is 5.79. The zero-order valence-corrected chi connectivity index (χ0v) is 18.5. The summed E-state index contributed by atoms with van der Waals surface area (Å²) in [5.74, 6) is -0.0739. The lowest BCUT2D eigenvalue weighted by Crippen LogP contribution is -2.37. The largest absolute Gasteiger partial charge is 0.354 e. The van der Waals surface area contributed by atoms with Crippen molar-refractivity contribution in [3.8, 4) is 11.3 Å². The van der Waals surface area contributed by atoms with Crippen molar-refractivity contribution in [2.24, 2.45) is 0 Å². The Hall–Kier alpha value is -4.06. The molecule has 33 heavy (non-hydrogen) atoms. The van der Waals surface area contributed by atoms with Crippen molar-refractivity contribution in [1.29, 1.82) is 0 Å². The molecule has 1 atom stereocenters. The lowest BCUT2D eigenvalue weighted by Gasteiger charge is -2.20. The summed E-state index contributed by atoms with van der Waals surface area (Å²) < 4.78 is 1.23. The van der Waals surface area contributed by atoms with Crippen molar-refractivity contribution in [1.82, 2.24) is 20.1 Å². The van der Waals surface area contributed by atoms with Crippen LogP contribution in [0.5, 0.6) is 0 Å². The van der Waals surface area contributed by atoms with Crippen molar-refractivity contribution >= 4 is 5.91 Å². The molecule has 1 unspecified atom stereocenters. The predicted molar refractivity (Wildman–Crippen MR) is 129 cm³/mol. The van der Waals surface area contributed by atoms with Gasteiger partial charge in [-0.2, -0.15) is 5.10 Å². The van der Waals surface area contributed by atoms with Gasteiger partial charge in [-0.25, -0.2) is 4.68 Å². The van der Waals surface area contributed by atoms with Gasteiger partial charge in [0.1, 0.15) is 6.04 Å². The second kappa shape index (κ2) is 10.5. The molecule has 6 nitrogen and oxygen atoms in total. The number of nitrogens with zero attached hydrogens (tertiary/aromatic N) is 3. The Morgan fingerprint density at radius 1 is 0.879 bits per heavy atom. The molecule has 4 rings (SSSR count). The summed E-state index contributed by atoms with van der Waals surface area (Å²) in [5, 5.41) is 7.41. The van der Waals surface area contributed by atoms with Gasteiger partial charge in [-0.3, -0.25) is 14.6 Å². The molecule has 0 aliphatic rings. The monoisotopic (exact) mass is 438 g/mol. The minimum Gasteiger partial charge on any atom is -0.354 e. The van der Waals surface area contributed by atoms with Crippen LogP contribution >= 0.6 is 0 Å². The van der Waals surface area contributed by atoms with Crippen LogP contribution in [0.1, 0.15) is 36.4 Å². The number of pyridine rings is 1. The zero-order valence-electron chi connectivity index (χ0n) is 18.5. The van der Waals surface area contributed by atoms with Crippen LogP contribution in [0.4, 0.5) is 0 Å². The molecule has 1 N–H and O–H groups in total. The van der Waals surface area contributed by atoms with Crippen LogP contribution < -0.4 is 10.9 Å². The predicted octanol–water partition coefficient (Wildman–Crippen LogP) is 4.20. The van der Waals surface area contributed by atoms with E-state index < -0.39 is 6.04 Å². The molecule has 2 aromatic carbocycles. The Balaban J connectivity index is 1.45. The molecule has 0 fully saturated rings. The highest BCUT2D eigenvalue weighted by Gasteiger charge is 2.19. The molecular formula is C27H26N4O2. The maximum absolute atomic E-state index is 12.9. The highest BCUT2D eigenvalue weighted by Crippen LogP contribution is 2.27. The molecule has 4 aromatic rings. The number of carbonyl (C=O) groups excluding carboxylic acids is 1. The van der Waals surface area contributed by atoms with Crippen molar-refractivity contribution in [3.63, 3.8) is 0 Å². The van der Waals surface area contributed by atoms with Crippen molar-refractivity contribution in [3.05, 3.63) is 119 Å². The molecule has 6 heteroatoms. The van der Waals surface area contributed by atoms with Crippen LogP contribution in [-0.2, 0) is 4.79 Å². The molecule has 0 radical (unpaired) electrons. The van der Waals surface area contributed by atoms with Gasteiger partial charge < -0.3 is 5.32 Å². The third kappa shape index (κ3) is 5.41. The topological polar surface area (TPSA) is 76.9 Å². The van der Waals surface area contributed by atoms with Crippen molar-refractivity contribution in [2.75, 3.05) is 6.54 Å². The second-order valence-corrected chi connectivity index (χ2v) is 7.87. The van der Waals surface area contributed by atoms with Crippen LogP contribution in [0, 0.1) is 0 Å². The first kappa shape index (κ1) is 22.1. The molecule has 0 spiro atoms. The number of hydrogen-bond acceptors (Lipinski definition) is 4. The third-order valence-corrected chi connectivity index (χ3v) is 5.68. The van der Waals surface area contributed by atoms with E-state index in [4.69, 9.17) is 0 Å². The summed E-state index contributed by atoms with van der Waals surface area (Å²) in [6, 6.07) is 26.5. The summed E-state index contributed by atoms with van der Waals surface area (Å²) in [7, 11) is 0. The van der Waals surface area contributed by atoms with Gasteiger partial charge in [0.25, 0.3) is 5.56 Å². The molecule has 2 heterocycles. The first-order chi connectivity index (χ1) is 16.1. The Labute approximate surface area is 193 Å². The van der Waals surface area contributed by atoms with Crippen LogP contribution in [0.15, 0.2) is 102 Å². The lowest BCUT2D eigenvalue weighted by atomic mass is 9.88. The van der Waals surface area contributed by atoms with E-state index in [1.54, 1.807) is 25.4 Å². The third-order valence-electron chi connectivity index (χ3n) is 5.68. The fraction of sp³-hybridized carbons (Fsp3) is 0.185. The summed E-state index contributed by atoms with van der Waals surface area (Å²) in [6.07, 6.45) is 4.07. The van der Waals surface area contributed by atoms with Gasteiger partial charge in [0.2, 0.25) is 5.91 Å². The number of hydrogen-bond donors (Lipinski definition) is 1. The van der Waals surface area contributed by atoms with E-state index in [-0.39, 0.29) is 17.4 Å². The van der Waals surface area contributed by atoms with E-state index in [1.807, 2.05) is 48.5 Å². The molecule has 0 saturated heterocycles. The molecular weight excluding hydrogens is 412 g/mol. The Kier molecular flexibility index (Phi) is 7.05. The quantitative estimate of drug-likeness (QED) is 0.447. The Morgan fingerprint density at radius 2 is 1.48 bits per heavy atom. The van der Waals surface area contributed by atoms with Gasteiger partial charge in [-0.05, 0) is 42.7 Å². The fourth-order valence-corrected chi connectivity index (χ4v) is 3.87. The first-order valence-corrected chi connectivity index (χ1v) is 11.0. The van der Waals surface area contributed by atoms with E-state index in [0.717, 1.165) is 12.0 Å². The molecule has 2 aromatic heterocycles. The van der Waals surface area contributed by atoms with Gasteiger partial charge in [0, 0.05) is 36.5 Å². The summed E-state index contributed by atoms with van der Waals surface area (Å²) in [4.78, 5) is 29.3. The maximum atomic E-state index is 12.9. The lowest BCUT2D eigenvalue weighted by molar-refractivity contribution is -0.124. The molecule has 1 amide bonds. The number of rotatable bonds is 8. The number of amides is 1. The van der Waals surface area contributed by atoms with Crippen molar-refractivity contribution in [2.45, 2.75) is 25.3 Å². The standard InChI is InChI=1S/C27H26N4O2/c1-20(31-26(32)13-12-25(30-31)23-14-17-28-18-15-23)27(33)29-19-16-24(21-8-4-2-5-9-21)22-10-6-3-7-11-22/h2-15,17-18,20,24H,16,19H2,1H3,(H,29,33). The minimum absolute atomic E-state index is 0.166. The van der Waals surface area contributed by atoms with Crippen LogP contribution in [-0.4, -0.2) is 27.2 Å². The normalized spacial score (nSPS) is 11.8. The maximum Gasteiger partial charge on any atom is 0.267 e. The number of carbonyl (C=O) groups is 1. The second-order valence-electron chi connectivity index (χ2n) is 7.87. The van der Waals surface area contributed by atoms with E-state index >= 15 is 0 Å². The van der Waals surface area contributed by atoms with E-state index in [0.29, 0.717) is 12.2 Å². The summed E-state index contributed by atoms with van der Waals surface area (Å²) >= 11 is 0. The molecule has 0 aliphatic carbocycles. The summed E-state index contributed by atoms with van der Waals surface area (Å²) in [6.45, 7) is 2.17. The molecule has 0 saturated carbocycles. The minimum atomic E-state index is -0.730. The first-order valence-electron chi connectivity index (χ1n) is 11.0. The van der Waals surface area contributed by atoms with E-state index in [1.165, 1.54) is 21.9 Å². The van der Waals surface area contributed by atoms with Gasteiger partial charge in [0.15, 0.2) is 0 Å². The Morgan fingerprint density at radius 3 is 2.09 bits per heavy atom. The fourth-order valence-electron chi connectivity index (χ4n) is 3.87. The van der Waals surface area contributed by atoms with Crippen LogP contribution in [0.2, 0.25) is 0 Å². The average Bonchev–Trinajstić information content (AvgIpc) is 2.88.